The van der Waals surface area contributed by atoms with E-state index in [1.54, 1.807) is 6.92 Å². The topological polar surface area (TPSA) is 61.7 Å². The molecule has 1 heterocycles. The highest BCUT2D eigenvalue weighted by Crippen LogP contribution is 2.30. The highest BCUT2D eigenvalue weighted by Gasteiger charge is 2.38. The molecule has 0 spiro atoms. The van der Waals surface area contributed by atoms with Gasteiger partial charge in [-0.3, -0.25) is 0 Å². The molecule has 0 amide bonds. The van der Waals surface area contributed by atoms with Crippen LogP contribution < -0.4 is 5.32 Å². The molecule has 1 rings (SSSR count). The van der Waals surface area contributed by atoms with Gasteiger partial charge in [0.25, 0.3) is 0 Å². The molecule has 1 aliphatic heterocycles. The summed E-state index contributed by atoms with van der Waals surface area (Å²) in [6.07, 6.45) is 1.95. The number of rotatable bonds is 4. The lowest BCUT2D eigenvalue weighted by atomic mass is 9.81. The highest BCUT2D eigenvalue weighted by atomic mass is 16.5. The molecule has 0 aliphatic carbocycles. The Hall–Kier alpha value is -0.160. The van der Waals surface area contributed by atoms with Gasteiger partial charge in [-0.15, -0.1) is 0 Å². The molecular weight excluding hydrogens is 218 g/mol. The van der Waals surface area contributed by atoms with E-state index in [9.17, 15) is 5.11 Å². The monoisotopic (exact) mass is 245 g/mol. The van der Waals surface area contributed by atoms with Gasteiger partial charge in [-0.2, -0.15) is 0 Å². The summed E-state index contributed by atoms with van der Waals surface area (Å²) < 4.78 is 5.76. The third-order valence-electron chi connectivity index (χ3n) is 3.12. The Kier molecular flexibility index (Phi) is 4.24. The van der Waals surface area contributed by atoms with Crippen LogP contribution >= 0.6 is 0 Å². The number of aliphatic hydroxyl groups excluding tert-OH is 1. The van der Waals surface area contributed by atoms with Gasteiger partial charge >= 0.3 is 0 Å². The van der Waals surface area contributed by atoms with E-state index in [4.69, 9.17) is 9.84 Å². The maximum Gasteiger partial charge on any atom is 0.108 e. The minimum atomic E-state index is -1.14. The average molecular weight is 245 g/mol. The molecule has 1 atom stereocenters. The van der Waals surface area contributed by atoms with Gasteiger partial charge in [0, 0.05) is 11.1 Å². The smallest absolute Gasteiger partial charge is 0.108 e. The predicted octanol–water partition coefficient (Wildman–Crippen LogP) is 1.06. The van der Waals surface area contributed by atoms with Crippen LogP contribution in [0.3, 0.4) is 0 Å². The summed E-state index contributed by atoms with van der Waals surface area (Å²) >= 11 is 0. The number of piperidine rings is 1. The van der Waals surface area contributed by atoms with Crippen LogP contribution in [0.4, 0.5) is 0 Å². The lowest BCUT2D eigenvalue weighted by molar-refractivity contribution is -0.107. The standard InChI is InChI=1S/C13H27NO3/c1-11(2)6-10(7-12(3,4)14-11)17-9-13(5,16)8-15/h10,14-16H,6-9H2,1-5H3. The molecule has 0 saturated carbocycles. The Morgan fingerprint density at radius 3 is 2.12 bits per heavy atom. The molecular formula is C13H27NO3. The number of ether oxygens (including phenoxy) is 1. The molecule has 0 aromatic carbocycles. The second kappa shape index (κ2) is 4.84. The van der Waals surface area contributed by atoms with E-state index < -0.39 is 5.60 Å². The largest absolute Gasteiger partial charge is 0.393 e. The first-order chi connectivity index (χ1) is 7.55. The molecule has 4 nitrogen and oxygen atoms in total. The Morgan fingerprint density at radius 1 is 1.24 bits per heavy atom. The van der Waals surface area contributed by atoms with Crippen LogP contribution in [0.1, 0.15) is 47.5 Å². The molecule has 1 unspecified atom stereocenters. The van der Waals surface area contributed by atoms with Crippen molar-refractivity contribution in [3.05, 3.63) is 0 Å². The molecule has 17 heavy (non-hydrogen) atoms. The van der Waals surface area contributed by atoms with Gasteiger partial charge < -0.3 is 20.3 Å². The molecule has 4 heteroatoms. The summed E-state index contributed by atoms with van der Waals surface area (Å²) in [4.78, 5) is 0. The Morgan fingerprint density at radius 2 is 1.71 bits per heavy atom. The highest BCUT2D eigenvalue weighted by molar-refractivity contribution is 4.97. The Bertz CT molecular complexity index is 245. The fraction of sp³-hybridized carbons (Fsp3) is 1.00. The number of aliphatic hydroxyl groups is 2. The first-order valence-electron chi connectivity index (χ1n) is 6.29. The molecule has 1 fully saturated rings. The third kappa shape index (κ3) is 4.92. The quantitative estimate of drug-likeness (QED) is 0.693. The SMILES string of the molecule is CC(O)(CO)COC1CC(C)(C)NC(C)(C)C1. The Balaban J connectivity index is 2.54. The summed E-state index contributed by atoms with van der Waals surface area (Å²) in [5.74, 6) is 0. The van der Waals surface area contributed by atoms with Crippen LogP contribution in [0, 0.1) is 0 Å². The fourth-order valence-electron chi connectivity index (χ4n) is 2.69. The van der Waals surface area contributed by atoms with Crippen LogP contribution in [-0.2, 0) is 4.74 Å². The second-order valence-electron chi connectivity index (χ2n) is 6.89. The van der Waals surface area contributed by atoms with Crippen LogP contribution in [0.25, 0.3) is 0 Å². The average Bonchev–Trinajstić information content (AvgIpc) is 2.10. The lowest BCUT2D eigenvalue weighted by Gasteiger charge is -2.46. The van der Waals surface area contributed by atoms with Crippen molar-refractivity contribution in [2.75, 3.05) is 13.2 Å². The van der Waals surface area contributed by atoms with Crippen molar-refractivity contribution in [1.29, 1.82) is 0 Å². The maximum absolute atomic E-state index is 9.72. The van der Waals surface area contributed by atoms with E-state index >= 15 is 0 Å². The van der Waals surface area contributed by atoms with Crippen molar-refractivity contribution in [2.45, 2.75) is 70.2 Å². The van der Waals surface area contributed by atoms with Gasteiger partial charge in [-0.1, -0.05) is 0 Å². The molecule has 0 radical (unpaired) electrons. The fourth-order valence-corrected chi connectivity index (χ4v) is 2.69. The summed E-state index contributed by atoms with van der Waals surface area (Å²) in [6, 6.07) is 0. The van der Waals surface area contributed by atoms with E-state index in [-0.39, 0.29) is 30.4 Å². The predicted molar refractivity (Wildman–Crippen MR) is 68.0 cm³/mol. The van der Waals surface area contributed by atoms with Crippen molar-refractivity contribution in [1.82, 2.24) is 5.32 Å². The summed E-state index contributed by atoms with van der Waals surface area (Å²) in [5, 5.41) is 22.3. The van der Waals surface area contributed by atoms with Crippen LogP contribution in [0.5, 0.6) is 0 Å². The minimum Gasteiger partial charge on any atom is -0.393 e. The minimum absolute atomic E-state index is 0.0392. The molecule has 1 aliphatic rings. The van der Waals surface area contributed by atoms with E-state index in [2.05, 4.69) is 33.0 Å². The zero-order valence-corrected chi connectivity index (χ0v) is 11.7. The Labute approximate surface area is 104 Å². The molecule has 0 aromatic heterocycles. The lowest BCUT2D eigenvalue weighted by Crippen LogP contribution is -2.60. The van der Waals surface area contributed by atoms with Crippen molar-refractivity contribution in [3.63, 3.8) is 0 Å². The van der Waals surface area contributed by atoms with Crippen molar-refractivity contribution in [3.8, 4) is 0 Å². The molecule has 0 aromatic rings. The zero-order chi connectivity index (χ0) is 13.3. The molecule has 1 saturated heterocycles. The van der Waals surface area contributed by atoms with E-state index in [0.29, 0.717) is 0 Å². The van der Waals surface area contributed by atoms with Crippen LogP contribution in [-0.4, -0.2) is 46.2 Å². The summed E-state index contributed by atoms with van der Waals surface area (Å²) in [7, 11) is 0. The van der Waals surface area contributed by atoms with Crippen LogP contribution in [0.15, 0.2) is 0 Å². The first kappa shape index (κ1) is 14.9. The molecule has 0 bridgehead atoms. The number of hydrogen-bond donors (Lipinski definition) is 3. The maximum atomic E-state index is 9.72. The zero-order valence-electron chi connectivity index (χ0n) is 11.7. The molecule has 3 N–H and O–H groups in total. The first-order valence-corrected chi connectivity index (χ1v) is 6.29. The second-order valence-corrected chi connectivity index (χ2v) is 6.89. The van der Waals surface area contributed by atoms with Gasteiger partial charge in [0.2, 0.25) is 0 Å². The van der Waals surface area contributed by atoms with E-state index in [1.165, 1.54) is 0 Å². The van der Waals surface area contributed by atoms with E-state index in [0.717, 1.165) is 12.8 Å². The van der Waals surface area contributed by atoms with Crippen molar-refractivity contribution < 1.29 is 14.9 Å². The number of hydrogen-bond acceptors (Lipinski definition) is 4. The summed E-state index contributed by atoms with van der Waals surface area (Å²) in [5.41, 5.74) is -1.06. The number of nitrogens with one attached hydrogen (secondary N) is 1. The van der Waals surface area contributed by atoms with Gasteiger partial charge in [0.05, 0.1) is 19.3 Å². The van der Waals surface area contributed by atoms with E-state index in [1.807, 2.05) is 0 Å². The van der Waals surface area contributed by atoms with Crippen molar-refractivity contribution in [2.24, 2.45) is 0 Å². The molecule has 102 valence electrons. The van der Waals surface area contributed by atoms with Gasteiger partial charge in [-0.25, -0.2) is 0 Å². The van der Waals surface area contributed by atoms with Crippen LogP contribution in [0.2, 0.25) is 0 Å². The van der Waals surface area contributed by atoms with Gasteiger partial charge in [0.15, 0.2) is 0 Å². The van der Waals surface area contributed by atoms with Gasteiger partial charge in [-0.05, 0) is 47.5 Å². The van der Waals surface area contributed by atoms with Crippen molar-refractivity contribution >= 4 is 0 Å². The normalized spacial score (nSPS) is 27.7. The third-order valence-corrected chi connectivity index (χ3v) is 3.12. The van der Waals surface area contributed by atoms with Gasteiger partial charge in [0.1, 0.15) is 5.60 Å². The summed E-state index contributed by atoms with van der Waals surface area (Å²) in [6.45, 7) is 10.1.